The number of rotatable bonds is 3. The molecule has 2 rings (SSSR count). The fourth-order valence-corrected chi connectivity index (χ4v) is 2.99. The maximum Gasteiger partial charge on any atom is 0.255 e. The summed E-state index contributed by atoms with van der Waals surface area (Å²) in [6, 6.07) is 1.87. The molecule has 1 atom stereocenters. The molecule has 5 heteroatoms. The molecule has 1 fully saturated rings. The Bertz CT molecular complexity index is 535. The van der Waals surface area contributed by atoms with Crippen molar-refractivity contribution in [2.45, 2.75) is 26.7 Å². The van der Waals surface area contributed by atoms with Crippen LogP contribution >= 0.6 is 0 Å². The van der Waals surface area contributed by atoms with E-state index in [-0.39, 0.29) is 11.8 Å². The zero-order valence-electron chi connectivity index (χ0n) is 12.7. The molecular formula is C15H23N3O2. The predicted octanol–water partition coefficient (Wildman–Crippen LogP) is 1.19. The Kier molecular flexibility index (Phi) is 3.88. The van der Waals surface area contributed by atoms with Crippen molar-refractivity contribution >= 4 is 11.8 Å². The van der Waals surface area contributed by atoms with Gasteiger partial charge in [0, 0.05) is 39.1 Å². The SMILES string of the molecule is CCc1c(C(=O)N2CC[C@](C)(C(=O)NC)C2)ccn1C. The van der Waals surface area contributed by atoms with Crippen LogP contribution in [0.1, 0.15) is 36.3 Å². The first-order chi connectivity index (χ1) is 9.42. The van der Waals surface area contributed by atoms with Crippen molar-refractivity contribution in [3.63, 3.8) is 0 Å². The standard InChI is InChI=1S/C15H23N3O2/c1-5-12-11(6-8-17(12)4)13(19)18-9-7-15(2,10-18)14(20)16-3/h6,8H,5,7,9-10H2,1-4H3,(H,16,20)/t15-/m0/s1. The van der Waals surface area contributed by atoms with E-state index in [1.807, 2.05) is 37.7 Å². The van der Waals surface area contributed by atoms with Crippen molar-refractivity contribution in [2.75, 3.05) is 20.1 Å². The van der Waals surface area contributed by atoms with Crippen LogP contribution < -0.4 is 5.32 Å². The average molecular weight is 277 g/mol. The van der Waals surface area contributed by atoms with E-state index in [9.17, 15) is 9.59 Å². The summed E-state index contributed by atoms with van der Waals surface area (Å²) < 4.78 is 1.99. The first-order valence-corrected chi connectivity index (χ1v) is 7.08. The molecule has 20 heavy (non-hydrogen) atoms. The first-order valence-electron chi connectivity index (χ1n) is 7.08. The maximum atomic E-state index is 12.6. The van der Waals surface area contributed by atoms with Crippen molar-refractivity contribution in [1.82, 2.24) is 14.8 Å². The summed E-state index contributed by atoms with van der Waals surface area (Å²) in [6.45, 7) is 5.10. The normalized spacial score (nSPS) is 22.1. The van der Waals surface area contributed by atoms with E-state index in [2.05, 4.69) is 5.32 Å². The molecule has 1 aliphatic rings. The number of carbonyl (C=O) groups excluding carboxylic acids is 2. The lowest BCUT2D eigenvalue weighted by Crippen LogP contribution is -2.40. The molecule has 0 unspecified atom stereocenters. The van der Waals surface area contributed by atoms with Crippen molar-refractivity contribution in [2.24, 2.45) is 12.5 Å². The lowest BCUT2D eigenvalue weighted by atomic mass is 9.89. The number of aromatic nitrogens is 1. The predicted molar refractivity (Wildman–Crippen MR) is 77.5 cm³/mol. The van der Waals surface area contributed by atoms with Gasteiger partial charge in [-0.3, -0.25) is 9.59 Å². The van der Waals surface area contributed by atoms with Gasteiger partial charge in [0.15, 0.2) is 0 Å². The highest BCUT2D eigenvalue weighted by molar-refractivity contribution is 5.96. The monoisotopic (exact) mass is 277 g/mol. The molecule has 110 valence electrons. The van der Waals surface area contributed by atoms with Gasteiger partial charge in [0.25, 0.3) is 5.91 Å². The van der Waals surface area contributed by atoms with Gasteiger partial charge in [-0.15, -0.1) is 0 Å². The lowest BCUT2D eigenvalue weighted by Gasteiger charge is -2.22. The summed E-state index contributed by atoms with van der Waals surface area (Å²) in [5.41, 5.74) is 1.34. The molecule has 0 radical (unpaired) electrons. The Morgan fingerprint density at radius 2 is 2.15 bits per heavy atom. The van der Waals surface area contributed by atoms with Crippen LogP contribution in [0.25, 0.3) is 0 Å². The lowest BCUT2D eigenvalue weighted by molar-refractivity contribution is -0.128. The zero-order chi connectivity index (χ0) is 14.9. The molecule has 2 heterocycles. The van der Waals surface area contributed by atoms with Gasteiger partial charge < -0.3 is 14.8 Å². The Hall–Kier alpha value is -1.78. The summed E-state index contributed by atoms with van der Waals surface area (Å²) in [6.07, 6.45) is 3.46. The van der Waals surface area contributed by atoms with E-state index < -0.39 is 5.41 Å². The summed E-state index contributed by atoms with van der Waals surface area (Å²) in [7, 11) is 3.60. The Morgan fingerprint density at radius 1 is 1.45 bits per heavy atom. The number of hydrogen-bond acceptors (Lipinski definition) is 2. The molecule has 1 N–H and O–H groups in total. The molecule has 1 aromatic rings. The Labute approximate surface area is 119 Å². The summed E-state index contributed by atoms with van der Waals surface area (Å²) in [4.78, 5) is 26.3. The molecule has 1 aromatic heterocycles. The minimum absolute atomic E-state index is 0.0107. The highest BCUT2D eigenvalue weighted by Gasteiger charge is 2.42. The number of amides is 2. The molecule has 0 spiro atoms. The summed E-state index contributed by atoms with van der Waals surface area (Å²) in [5, 5.41) is 2.69. The second kappa shape index (κ2) is 5.31. The second-order valence-corrected chi connectivity index (χ2v) is 5.76. The van der Waals surface area contributed by atoms with Crippen LogP contribution in [0.3, 0.4) is 0 Å². The van der Waals surface area contributed by atoms with Gasteiger partial charge >= 0.3 is 0 Å². The molecule has 2 amide bonds. The number of hydrogen-bond donors (Lipinski definition) is 1. The molecule has 0 aromatic carbocycles. The van der Waals surface area contributed by atoms with Gasteiger partial charge in [-0.05, 0) is 25.8 Å². The summed E-state index contributed by atoms with van der Waals surface area (Å²) in [5.74, 6) is 0.0478. The molecule has 1 aliphatic heterocycles. The first kappa shape index (κ1) is 14.6. The fourth-order valence-electron chi connectivity index (χ4n) is 2.99. The quantitative estimate of drug-likeness (QED) is 0.902. The van der Waals surface area contributed by atoms with E-state index in [1.165, 1.54) is 0 Å². The topological polar surface area (TPSA) is 54.3 Å². The van der Waals surface area contributed by atoms with E-state index in [0.717, 1.165) is 17.7 Å². The van der Waals surface area contributed by atoms with E-state index in [0.29, 0.717) is 19.5 Å². The number of nitrogens with zero attached hydrogens (tertiary/aromatic N) is 2. The van der Waals surface area contributed by atoms with Gasteiger partial charge in [0.2, 0.25) is 5.91 Å². The van der Waals surface area contributed by atoms with Gasteiger partial charge in [-0.1, -0.05) is 6.92 Å². The maximum absolute atomic E-state index is 12.6. The summed E-state index contributed by atoms with van der Waals surface area (Å²) >= 11 is 0. The molecule has 0 aliphatic carbocycles. The minimum atomic E-state index is -0.467. The molecule has 0 saturated carbocycles. The third kappa shape index (κ3) is 2.32. The van der Waals surface area contributed by atoms with Crippen molar-refractivity contribution < 1.29 is 9.59 Å². The third-order valence-corrected chi connectivity index (χ3v) is 4.30. The smallest absolute Gasteiger partial charge is 0.255 e. The van der Waals surface area contributed by atoms with Gasteiger partial charge in [-0.25, -0.2) is 0 Å². The van der Waals surface area contributed by atoms with Crippen molar-refractivity contribution in [1.29, 1.82) is 0 Å². The van der Waals surface area contributed by atoms with E-state index in [1.54, 1.807) is 11.9 Å². The van der Waals surface area contributed by atoms with Gasteiger partial charge in [0.05, 0.1) is 11.0 Å². The molecule has 0 bridgehead atoms. The number of likely N-dealkylation sites (tertiary alicyclic amines) is 1. The molecule has 5 nitrogen and oxygen atoms in total. The van der Waals surface area contributed by atoms with Crippen LogP contribution in [-0.4, -0.2) is 41.4 Å². The Morgan fingerprint density at radius 3 is 2.75 bits per heavy atom. The molecular weight excluding hydrogens is 254 g/mol. The van der Waals surface area contributed by atoms with Crippen molar-refractivity contribution in [3.8, 4) is 0 Å². The van der Waals surface area contributed by atoms with Crippen LogP contribution in [0.2, 0.25) is 0 Å². The van der Waals surface area contributed by atoms with Crippen molar-refractivity contribution in [3.05, 3.63) is 23.5 Å². The molecule has 1 saturated heterocycles. The second-order valence-electron chi connectivity index (χ2n) is 5.76. The number of nitrogens with one attached hydrogen (secondary N) is 1. The Balaban J connectivity index is 2.18. The fraction of sp³-hybridized carbons (Fsp3) is 0.600. The highest BCUT2D eigenvalue weighted by Crippen LogP contribution is 2.31. The van der Waals surface area contributed by atoms with Crippen LogP contribution in [0.4, 0.5) is 0 Å². The number of carbonyl (C=O) groups is 2. The largest absolute Gasteiger partial charge is 0.359 e. The van der Waals surface area contributed by atoms with Gasteiger partial charge in [0.1, 0.15) is 0 Å². The van der Waals surface area contributed by atoms with Crippen LogP contribution in [-0.2, 0) is 18.3 Å². The highest BCUT2D eigenvalue weighted by atomic mass is 16.2. The average Bonchev–Trinajstić information content (AvgIpc) is 3.01. The minimum Gasteiger partial charge on any atom is -0.359 e. The van der Waals surface area contributed by atoms with Crippen LogP contribution in [0, 0.1) is 5.41 Å². The van der Waals surface area contributed by atoms with Gasteiger partial charge in [-0.2, -0.15) is 0 Å². The van der Waals surface area contributed by atoms with E-state index >= 15 is 0 Å². The van der Waals surface area contributed by atoms with E-state index in [4.69, 9.17) is 0 Å². The van der Waals surface area contributed by atoms with Crippen LogP contribution in [0.15, 0.2) is 12.3 Å². The third-order valence-electron chi connectivity index (χ3n) is 4.30. The zero-order valence-corrected chi connectivity index (χ0v) is 12.7. The van der Waals surface area contributed by atoms with Crippen LogP contribution in [0.5, 0.6) is 0 Å². The number of aryl methyl sites for hydroxylation is 1.